The molecule has 18 heavy (non-hydrogen) atoms. The standard InChI is InChI=1S/C12H16N2O3S/c1-14(6-5-10(16)17)11(12(13)18)8-3-2-4-9(15)7-8/h2-4,7,11,15H,5-6H2,1H3,(H2,13,18)(H,16,17). The minimum Gasteiger partial charge on any atom is -0.508 e. The smallest absolute Gasteiger partial charge is 0.304 e. The lowest BCUT2D eigenvalue weighted by Gasteiger charge is -2.27. The van der Waals surface area contributed by atoms with Crippen LogP contribution >= 0.6 is 12.2 Å². The highest BCUT2D eigenvalue weighted by Crippen LogP contribution is 2.23. The van der Waals surface area contributed by atoms with Crippen molar-refractivity contribution in [3.8, 4) is 5.75 Å². The van der Waals surface area contributed by atoms with Crippen molar-refractivity contribution < 1.29 is 15.0 Å². The number of thiocarbonyl (C=S) groups is 1. The third-order valence-corrected chi connectivity index (χ3v) is 2.80. The number of aromatic hydroxyl groups is 1. The van der Waals surface area contributed by atoms with Crippen molar-refractivity contribution in [1.29, 1.82) is 0 Å². The zero-order valence-electron chi connectivity index (χ0n) is 10.0. The number of rotatable bonds is 6. The Morgan fingerprint density at radius 3 is 2.72 bits per heavy atom. The van der Waals surface area contributed by atoms with E-state index in [0.29, 0.717) is 6.54 Å². The van der Waals surface area contributed by atoms with Crippen molar-refractivity contribution in [3.63, 3.8) is 0 Å². The predicted molar refractivity (Wildman–Crippen MR) is 72.5 cm³/mol. The zero-order valence-corrected chi connectivity index (χ0v) is 10.9. The minimum atomic E-state index is -0.876. The summed E-state index contributed by atoms with van der Waals surface area (Å²) in [5, 5.41) is 18.1. The van der Waals surface area contributed by atoms with Gasteiger partial charge in [0, 0.05) is 6.54 Å². The number of carboxylic acid groups (broad SMARTS) is 1. The molecule has 0 aliphatic heterocycles. The molecule has 0 radical (unpaired) electrons. The lowest BCUT2D eigenvalue weighted by molar-refractivity contribution is -0.137. The zero-order chi connectivity index (χ0) is 13.7. The first-order valence-corrected chi connectivity index (χ1v) is 5.83. The Hall–Kier alpha value is -1.66. The van der Waals surface area contributed by atoms with Gasteiger partial charge in [0.25, 0.3) is 0 Å². The van der Waals surface area contributed by atoms with Crippen LogP contribution in [0.3, 0.4) is 0 Å². The monoisotopic (exact) mass is 268 g/mol. The van der Waals surface area contributed by atoms with Crippen molar-refractivity contribution in [1.82, 2.24) is 4.90 Å². The molecule has 0 saturated heterocycles. The summed E-state index contributed by atoms with van der Waals surface area (Å²) in [6.07, 6.45) is 0.00836. The van der Waals surface area contributed by atoms with Gasteiger partial charge in [-0.25, -0.2) is 0 Å². The predicted octanol–water partition coefficient (Wildman–Crippen LogP) is 1.13. The molecule has 6 heteroatoms. The van der Waals surface area contributed by atoms with E-state index in [4.69, 9.17) is 23.1 Å². The molecule has 0 aromatic heterocycles. The van der Waals surface area contributed by atoms with E-state index in [1.54, 1.807) is 36.2 Å². The first-order chi connectivity index (χ1) is 8.41. The van der Waals surface area contributed by atoms with Gasteiger partial charge < -0.3 is 15.9 Å². The molecule has 1 aromatic rings. The summed E-state index contributed by atoms with van der Waals surface area (Å²) in [4.78, 5) is 12.6. The Balaban J connectivity index is 2.89. The van der Waals surface area contributed by atoms with E-state index in [2.05, 4.69) is 0 Å². The second-order valence-electron chi connectivity index (χ2n) is 4.02. The van der Waals surface area contributed by atoms with Gasteiger partial charge in [-0.1, -0.05) is 24.4 Å². The number of hydrogen-bond acceptors (Lipinski definition) is 4. The maximum absolute atomic E-state index is 10.6. The molecule has 0 spiro atoms. The highest BCUT2D eigenvalue weighted by molar-refractivity contribution is 7.80. The van der Waals surface area contributed by atoms with Gasteiger partial charge in [-0.15, -0.1) is 0 Å². The van der Waals surface area contributed by atoms with Gasteiger partial charge in [0.1, 0.15) is 5.75 Å². The molecule has 0 saturated carbocycles. The Labute approximate surface area is 111 Å². The fourth-order valence-corrected chi connectivity index (χ4v) is 2.05. The number of carbonyl (C=O) groups is 1. The second-order valence-corrected chi connectivity index (χ2v) is 4.50. The molecule has 0 aliphatic rings. The lowest BCUT2D eigenvalue weighted by atomic mass is 10.1. The van der Waals surface area contributed by atoms with E-state index in [0.717, 1.165) is 5.56 Å². The molecule has 0 amide bonds. The Morgan fingerprint density at radius 2 is 2.22 bits per heavy atom. The van der Waals surface area contributed by atoms with Crippen LogP contribution in [0.2, 0.25) is 0 Å². The van der Waals surface area contributed by atoms with Crippen LogP contribution in [0.25, 0.3) is 0 Å². The normalized spacial score (nSPS) is 12.3. The van der Waals surface area contributed by atoms with Crippen LogP contribution in [0.1, 0.15) is 18.0 Å². The fraction of sp³-hybridized carbons (Fsp3) is 0.333. The topological polar surface area (TPSA) is 86.8 Å². The van der Waals surface area contributed by atoms with E-state index in [1.165, 1.54) is 0 Å². The van der Waals surface area contributed by atoms with Crippen LogP contribution in [-0.4, -0.2) is 39.7 Å². The van der Waals surface area contributed by atoms with Gasteiger partial charge in [-0.3, -0.25) is 9.69 Å². The highest BCUT2D eigenvalue weighted by Gasteiger charge is 2.20. The van der Waals surface area contributed by atoms with Crippen molar-refractivity contribution in [2.45, 2.75) is 12.5 Å². The summed E-state index contributed by atoms with van der Waals surface area (Å²) < 4.78 is 0. The Kier molecular flexibility index (Phi) is 5.06. The number of nitrogens with zero attached hydrogens (tertiary/aromatic N) is 1. The number of nitrogens with two attached hydrogens (primary N) is 1. The molecule has 98 valence electrons. The largest absolute Gasteiger partial charge is 0.508 e. The molecule has 1 rings (SSSR count). The van der Waals surface area contributed by atoms with E-state index < -0.39 is 5.97 Å². The summed E-state index contributed by atoms with van der Waals surface area (Å²) in [6.45, 7) is 0.326. The van der Waals surface area contributed by atoms with Gasteiger partial charge in [0.15, 0.2) is 0 Å². The maximum atomic E-state index is 10.6. The molecular formula is C12H16N2O3S. The maximum Gasteiger partial charge on any atom is 0.304 e. The van der Waals surface area contributed by atoms with Gasteiger partial charge in [-0.05, 0) is 24.7 Å². The third-order valence-electron chi connectivity index (χ3n) is 2.57. The molecule has 0 fully saturated rings. The number of benzene rings is 1. The second kappa shape index (κ2) is 6.32. The highest BCUT2D eigenvalue weighted by atomic mass is 32.1. The number of carboxylic acids is 1. The number of phenolic OH excluding ortho intramolecular Hbond substituents is 1. The minimum absolute atomic E-state index is 0.00836. The average molecular weight is 268 g/mol. The lowest BCUT2D eigenvalue weighted by Crippen LogP contribution is -2.35. The molecule has 1 atom stereocenters. The first kappa shape index (κ1) is 14.4. The van der Waals surface area contributed by atoms with Gasteiger partial charge in [0.2, 0.25) is 0 Å². The van der Waals surface area contributed by atoms with Crippen LogP contribution < -0.4 is 5.73 Å². The molecule has 0 bridgehead atoms. The summed E-state index contributed by atoms with van der Waals surface area (Å²) >= 11 is 5.01. The van der Waals surface area contributed by atoms with Crippen LogP contribution in [0.5, 0.6) is 5.75 Å². The van der Waals surface area contributed by atoms with E-state index in [1.807, 2.05) is 0 Å². The van der Waals surface area contributed by atoms with Gasteiger partial charge >= 0.3 is 5.97 Å². The van der Waals surface area contributed by atoms with Crippen molar-refractivity contribution in [2.75, 3.05) is 13.6 Å². The van der Waals surface area contributed by atoms with Crippen LogP contribution in [0, 0.1) is 0 Å². The first-order valence-electron chi connectivity index (χ1n) is 5.42. The summed E-state index contributed by atoms with van der Waals surface area (Å²) in [7, 11) is 1.75. The van der Waals surface area contributed by atoms with Crippen molar-refractivity contribution >= 4 is 23.2 Å². The quantitative estimate of drug-likeness (QED) is 0.670. The molecule has 0 aliphatic carbocycles. The number of hydrogen-bond donors (Lipinski definition) is 3. The van der Waals surface area contributed by atoms with E-state index in [-0.39, 0.29) is 23.2 Å². The third kappa shape index (κ3) is 3.97. The van der Waals surface area contributed by atoms with Gasteiger partial charge in [-0.2, -0.15) is 0 Å². The van der Waals surface area contributed by atoms with Gasteiger partial charge in [0.05, 0.1) is 17.5 Å². The summed E-state index contributed by atoms with van der Waals surface area (Å²) in [5.74, 6) is -0.750. The van der Waals surface area contributed by atoms with Crippen molar-refractivity contribution in [2.24, 2.45) is 5.73 Å². The average Bonchev–Trinajstić information content (AvgIpc) is 2.26. The Morgan fingerprint density at radius 1 is 1.56 bits per heavy atom. The van der Waals surface area contributed by atoms with E-state index in [9.17, 15) is 9.90 Å². The van der Waals surface area contributed by atoms with Crippen molar-refractivity contribution in [3.05, 3.63) is 29.8 Å². The number of aliphatic carboxylic acids is 1. The van der Waals surface area contributed by atoms with E-state index >= 15 is 0 Å². The van der Waals surface area contributed by atoms with Crippen LogP contribution in [-0.2, 0) is 4.79 Å². The molecule has 1 aromatic carbocycles. The Bertz CT molecular complexity index is 451. The molecule has 4 N–H and O–H groups in total. The van der Waals surface area contributed by atoms with Crippen LogP contribution in [0.15, 0.2) is 24.3 Å². The molecule has 0 heterocycles. The molecular weight excluding hydrogens is 252 g/mol. The summed E-state index contributed by atoms with van der Waals surface area (Å²) in [6, 6.07) is 6.23. The molecule has 1 unspecified atom stereocenters. The fourth-order valence-electron chi connectivity index (χ4n) is 1.73. The number of phenols is 1. The SMILES string of the molecule is CN(CCC(=O)O)C(C(N)=S)c1cccc(O)c1. The number of likely N-dealkylation sites (N-methyl/N-ethyl adjacent to an activating group) is 1. The molecule has 5 nitrogen and oxygen atoms in total. The van der Waals surface area contributed by atoms with Crippen LogP contribution in [0.4, 0.5) is 0 Å². The summed E-state index contributed by atoms with van der Waals surface area (Å²) in [5.41, 5.74) is 6.43.